The summed E-state index contributed by atoms with van der Waals surface area (Å²) in [6.07, 6.45) is 0. The topological polar surface area (TPSA) is 12.0 Å². The summed E-state index contributed by atoms with van der Waals surface area (Å²) in [5.41, 5.74) is 2.17. The number of aryl methyl sites for hydroxylation is 1. The zero-order valence-corrected chi connectivity index (χ0v) is 12.0. The summed E-state index contributed by atoms with van der Waals surface area (Å²) in [5, 5.41) is 5.30. The zero-order chi connectivity index (χ0) is 12.4. The van der Waals surface area contributed by atoms with Gasteiger partial charge in [0.25, 0.3) is 0 Å². The largest absolute Gasteiger partial charge is 0.309 e. The molecule has 0 aliphatic rings. The van der Waals surface area contributed by atoms with E-state index in [4.69, 9.17) is 0 Å². The Balaban J connectivity index is 2.45. The standard InChI is InChI=1S/C13H13BrFNS/c1-8-3-4-17-13(8)12(16-2)9-5-10(14)7-11(15)6-9/h3-7,12,16H,1-2H3. The molecule has 0 aliphatic heterocycles. The van der Waals surface area contributed by atoms with Crippen LogP contribution < -0.4 is 5.32 Å². The van der Waals surface area contributed by atoms with Crippen molar-refractivity contribution in [2.75, 3.05) is 7.05 Å². The zero-order valence-electron chi connectivity index (χ0n) is 9.63. The SMILES string of the molecule is CNC(c1cc(F)cc(Br)c1)c1sccc1C. The molecule has 90 valence electrons. The third kappa shape index (κ3) is 2.76. The minimum absolute atomic E-state index is 0.0435. The van der Waals surface area contributed by atoms with Crippen molar-refractivity contribution in [3.63, 3.8) is 0 Å². The molecule has 1 atom stereocenters. The van der Waals surface area contributed by atoms with E-state index in [0.717, 1.165) is 10.0 Å². The van der Waals surface area contributed by atoms with Crippen LogP contribution in [0.5, 0.6) is 0 Å². The average Bonchev–Trinajstić information content (AvgIpc) is 2.65. The van der Waals surface area contributed by atoms with E-state index in [9.17, 15) is 4.39 Å². The van der Waals surface area contributed by atoms with Gasteiger partial charge in [0.05, 0.1) is 6.04 Å². The number of benzene rings is 1. The third-order valence-electron chi connectivity index (χ3n) is 2.67. The van der Waals surface area contributed by atoms with Gasteiger partial charge in [-0.25, -0.2) is 4.39 Å². The Labute approximate surface area is 113 Å². The van der Waals surface area contributed by atoms with Crippen LogP contribution in [0.2, 0.25) is 0 Å². The maximum atomic E-state index is 13.4. The summed E-state index contributed by atoms with van der Waals surface area (Å²) < 4.78 is 14.2. The molecule has 1 N–H and O–H groups in total. The van der Waals surface area contributed by atoms with Crippen LogP contribution in [-0.4, -0.2) is 7.05 Å². The number of hydrogen-bond donors (Lipinski definition) is 1. The highest BCUT2D eigenvalue weighted by atomic mass is 79.9. The van der Waals surface area contributed by atoms with Gasteiger partial charge in [0, 0.05) is 9.35 Å². The van der Waals surface area contributed by atoms with Crippen molar-refractivity contribution in [2.45, 2.75) is 13.0 Å². The van der Waals surface area contributed by atoms with Gasteiger partial charge in [-0.1, -0.05) is 15.9 Å². The lowest BCUT2D eigenvalue weighted by molar-refractivity contribution is 0.616. The molecule has 4 heteroatoms. The van der Waals surface area contributed by atoms with Crippen LogP contribution in [0.1, 0.15) is 22.0 Å². The quantitative estimate of drug-likeness (QED) is 0.892. The van der Waals surface area contributed by atoms with E-state index in [1.807, 2.05) is 13.1 Å². The molecule has 0 fully saturated rings. The Bertz CT molecular complexity index is 504. The fraction of sp³-hybridized carbons (Fsp3) is 0.231. The Morgan fingerprint density at radius 2 is 2.12 bits per heavy atom. The first-order valence-corrected chi connectivity index (χ1v) is 6.96. The molecule has 0 saturated carbocycles. The second-order valence-electron chi connectivity index (χ2n) is 3.89. The van der Waals surface area contributed by atoms with E-state index >= 15 is 0 Å². The van der Waals surface area contributed by atoms with E-state index < -0.39 is 0 Å². The van der Waals surface area contributed by atoms with Gasteiger partial charge < -0.3 is 5.32 Å². The molecule has 0 radical (unpaired) electrons. The molecule has 2 aromatic rings. The molecule has 1 unspecified atom stereocenters. The monoisotopic (exact) mass is 313 g/mol. The van der Waals surface area contributed by atoms with Crippen LogP contribution in [0.15, 0.2) is 34.1 Å². The lowest BCUT2D eigenvalue weighted by Crippen LogP contribution is -2.17. The number of nitrogens with one attached hydrogen (secondary N) is 1. The van der Waals surface area contributed by atoms with Gasteiger partial charge in [-0.15, -0.1) is 11.3 Å². The molecule has 1 aromatic heterocycles. The van der Waals surface area contributed by atoms with Crippen molar-refractivity contribution >= 4 is 27.3 Å². The number of rotatable bonds is 3. The third-order valence-corrected chi connectivity index (χ3v) is 4.21. The Kier molecular flexibility index (Phi) is 3.97. The molecule has 0 aliphatic carbocycles. The Hall–Kier alpha value is -0.710. The maximum Gasteiger partial charge on any atom is 0.124 e. The van der Waals surface area contributed by atoms with Crippen LogP contribution in [-0.2, 0) is 0 Å². The van der Waals surface area contributed by atoms with Crippen molar-refractivity contribution < 1.29 is 4.39 Å². The number of hydrogen-bond acceptors (Lipinski definition) is 2. The van der Waals surface area contributed by atoms with Crippen molar-refractivity contribution in [2.24, 2.45) is 0 Å². The molecule has 1 heterocycles. The van der Waals surface area contributed by atoms with Gasteiger partial charge in [-0.2, -0.15) is 0 Å². The molecule has 1 nitrogen and oxygen atoms in total. The summed E-state index contributed by atoms with van der Waals surface area (Å²) in [6.45, 7) is 2.07. The second-order valence-corrected chi connectivity index (χ2v) is 5.76. The van der Waals surface area contributed by atoms with Gasteiger partial charge in [0.1, 0.15) is 5.82 Å². The second kappa shape index (κ2) is 5.29. The van der Waals surface area contributed by atoms with Crippen LogP contribution in [0, 0.1) is 12.7 Å². The van der Waals surface area contributed by atoms with E-state index in [1.54, 1.807) is 17.4 Å². The lowest BCUT2D eigenvalue weighted by atomic mass is 10.0. The summed E-state index contributed by atoms with van der Waals surface area (Å²) >= 11 is 5.02. The fourth-order valence-electron chi connectivity index (χ4n) is 1.87. The highest BCUT2D eigenvalue weighted by molar-refractivity contribution is 9.10. The van der Waals surface area contributed by atoms with Crippen molar-refractivity contribution in [1.82, 2.24) is 5.32 Å². The highest BCUT2D eigenvalue weighted by Gasteiger charge is 2.16. The molecular weight excluding hydrogens is 301 g/mol. The van der Waals surface area contributed by atoms with Crippen molar-refractivity contribution in [3.8, 4) is 0 Å². The van der Waals surface area contributed by atoms with Crippen LogP contribution in [0.25, 0.3) is 0 Å². The maximum absolute atomic E-state index is 13.4. The average molecular weight is 314 g/mol. The van der Waals surface area contributed by atoms with Gasteiger partial charge >= 0.3 is 0 Å². The van der Waals surface area contributed by atoms with Gasteiger partial charge in [-0.3, -0.25) is 0 Å². The first-order valence-electron chi connectivity index (χ1n) is 5.29. The molecule has 1 aromatic carbocycles. The number of halogens is 2. The Morgan fingerprint density at radius 1 is 1.35 bits per heavy atom. The van der Waals surface area contributed by atoms with Crippen LogP contribution in [0.3, 0.4) is 0 Å². The predicted molar refractivity (Wildman–Crippen MR) is 74.1 cm³/mol. The van der Waals surface area contributed by atoms with E-state index in [0.29, 0.717) is 0 Å². The van der Waals surface area contributed by atoms with Crippen LogP contribution in [0.4, 0.5) is 4.39 Å². The first-order chi connectivity index (χ1) is 8.11. The minimum Gasteiger partial charge on any atom is -0.309 e. The summed E-state index contributed by atoms with van der Waals surface area (Å²) in [6, 6.07) is 7.12. The van der Waals surface area contributed by atoms with Crippen molar-refractivity contribution in [3.05, 3.63) is 55.9 Å². The lowest BCUT2D eigenvalue weighted by Gasteiger charge is -2.17. The van der Waals surface area contributed by atoms with E-state index in [-0.39, 0.29) is 11.9 Å². The predicted octanol–water partition coefficient (Wildman–Crippen LogP) is 4.27. The van der Waals surface area contributed by atoms with E-state index in [1.165, 1.54) is 16.5 Å². The minimum atomic E-state index is -0.219. The van der Waals surface area contributed by atoms with Gasteiger partial charge in [0.2, 0.25) is 0 Å². The highest BCUT2D eigenvalue weighted by Crippen LogP contribution is 2.30. The van der Waals surface area contributed by atoms with Gasteiger partial charge in [0.15, 0.2) is 0 Å². The van der Waals surface area contributed by atoms with Crippen molar-refractivity contribution in [1.29, 1.82) is 0 Å². The fourth-order valence-corrected chi connectivity index (χ4v) is 3.42. The summed E-state index contributed by atoms with van der Waals surface area (Å²) in [7, 11) is 1.89. The van der Waals surface area contributed by atoms with Crippen LogP contribution >= 0.6 is 27.3 Å². The van der Waals surface area contributed by atoms with Gasteiger partial charge in [-0.05, 0) is 54.7 Å². The molecule has 2 rings (SSSR count). The summed E-state index contributed by atoms with van der Waals surface area (Å²) in [4.78, 5) is 1.23. The first kappa shape index (κ1) is 12.7. The van der Waals surface area contributed by atoms with E-state index in [2.05, 4.69) is 39.6 Å². The normalized spacial score (nSPS) is 12.7. The molecular formula is C13H13BrFNS. The molecule has 0 bridgehead atoms. The Morgan fingerprint density at radius 3 is 2.65 bits per heavy atom. The summed E-state index contributed by atoms with van der Waals surface area (Å²) in [5.74, 6) is -0.219. The molecule has 0 saturated heterocycles. The smallest absolute Gasteiger partial charge is 0.124 e. The molecule has 0 amide bonds. The molecule has 0 spiro atoms. The molecule has 17 heavy (non-hydrogen) atoms. The number of thiophene rings is 1.